The topological polar surface area (TPSA) is 12.5 Å². The van der Waals surface area contributed by atoms with Crippen molar-refractivity contribution in [3.63, 3.8) is 0 Å². The molecule has 1 aromatic rings. The van der Waals surface area contributed by atoms with Gasteiger partial charge in [0.15, 0.2) is 0 Å². The number of ether oxygens (including phenoxy) is 1. The highest BCUT2D eigenvalue weighted by Gasteiger charge is 2.39. The predicted octanol–water partition coefficient (Wildman–Crippen LogP) is 4.74. The zero-order chi connectivity index (χ0) is 14.8. The van der Waals surface area contributed by atoms with Crippen LogP contribution in [0, 0.1) is 11.3 Å². The van der Waals surface area contributed by atoms with Crippen LogP contribution in [-0.2, 0) is 0 Å². The minimum atomic E-state index is 0.383. The van der Waals surface area contributed by atoms with Crippen LogP contribution in [0.15, 0.2) is 24.3 Å². The highest BCUT2D eigenvalue weighted by atomic mass is 16.5. The van der Waals surface area contributed by atoms with E-state index in [2.05, 4.69) is 56.9 Å². The lowest BCUT2D eigenvalue weighted by Gasteiger charge is -2.50. The molecule has 2 nitrogen and oxygen atoms in total. The Balaban J connectivity index is 2.29. The molecule has 2 heteroatoms. The van der Waals surface area contributed by atoms with Crippen molar-refractivity contribution in [2.75, 3.05) is 18.6 Å². The Morgan fingerprint density at radius 3 is 2.30 bits per heavy atom. The fourth-order valence-corrected chi connectivity index (χ4v) is 3.88. The number of rotatable bonds is 4. The van der Waals surface area contributed by atoms with E-state index in [-0.39, 0.29) is 0 Å². The first-order valence-corrected chi connectivity index (χ1v) is 7.92. The van der Waals surface area contributed by atoms with E-state index in [1.807, 2.05) is 0 Å². The summed E-state index contributed by atoms with van der Waals surface area (Å²) in [5, 5.41) is 0. The van der Waals surface area contributed by atoms with Crippen molar-refractivity contribution in [2.24, 2.45) is 11.3 Å². The van der Waals surface area contributed by atoms with Gasteiger partial charge in [-0.1, -0.05) is 34.1 Å². The summed E-state index contributed by atoms with van der Waals surface area (Å²) < 4.78 is 5.27. The van der Waals surface area contributed by atoms with Gasteiger partial charge in [0.25, 0.3) is 0 Å². The molecular formula is C18H29NO. The smallest absolute Gasteiger partial charge is 0.119 e. The molecule has 1 heterocycles. The molecule has 1 saturated heterocycles. The first-order chi connectivity index (χ1) is 9.51. The molecule has 1 aliphatic heterocycles. The summed E-state index contributed by atoms with van der Waals surface area (Å²) in [5.74, 6) is 1.74. The molecule has 112 valence electrons. The normalized spacial score (nSPS) is 25.6. The van der Waals surface area contributed by atoms with Crippen molar-refractivity contribution >= 4 is 5.69 Å². The lowest BCUT2D eigenvalue weighted by atomic mass is 9.70. The van der Waals surface area contributed by atoms with Gasteiger partial charge in [0.2, 0.25) is 0 Å². The van der Waals surface area contributed by atoms with E-state index in [0.29, 0.717) is 11.5 Å². The summed E-state index contributed by atoms with van der Waals surface area (Å²) in [6, 6.07) is 9.18. The van der Waals surface area contributed by atoms with Gasteiger partial charge in [-0.25, -0.2) is 0 Å². The van der Waals surface area contributed by atoms with Crippen molar-refractivity contribution < 1.29 is 4.74 Å². The lowest BCUT2D eigenvalue weighted by molar-refractivity contribution is 0.156. The summed E-state index contributed by atoms with van der Waals surface area (Å²) in [7, 11) is 1.72. The molecule has 0 aromatic heterocycles. The Bertz CT molecular complexity index is 424. The summed E-state index contributed by atoms with van der Waals surface area (Å²) in [4.78, 5) is 2.62. The number of hydrogen-bond acceptors (Lipinski definition) is 2. The number of benzene rings is 1. The van der Waals surface area contributed by atoms with Gasteiger partial charge in [-0.3, -0.25) is 0 Å². The van der Waals surface area contributed by atoms with Gasteiger partial charge in [-0.15, -0.1) is 0 Å². The maximum Gasteiger partial charge on any atom is 0.119 e. The zero-order valence-corrected chi connectivity index (χ0v) is 13.6. The van der Waals surface area contributed by atoms with E-state index in [1.54, 1.807) is 7.11 Å². The third-order valence-electron chi connectivity index (χ3n) is 4.92. The third kappa shape index (κ3) is 2.94. The molecule has 1 aromatic carbocycles. The van der Waals surface area contributed by atoms with Gasteiger partial charge in [0.1, 0.15) is 5.75 Å². The van der Waals surface area contributed by atoms with E-state index < -0.39 is 0 Å². The molecule has 0 saturated carbocycles. The Kier molecular flexibility index (Phi) is 4.62. The van der Waals surface area contributed by atoms with Gasteiger partial charge in [-0.05, 0) is 48.4 Å². The van der Waals surface area contributed by atoms with Crippen molar-refractivity contribution in [1.82, 2.24) is 0 Å². The summed E-state index contributed by atoms with van der Waals surface area (Å²) in [6.07, 6.45) is 3.82. The minimum Gasteiger partial charge on any atom is -0.497 e. The number of methoxy groups -OCH3 is 1. The Morgan fingerprint density at radius 2 is 1.80 bits per heavy atom. The summed E-state index contributed by atoms with van der Waals surface area (Å²) in [5.41, 5.74) is 1.72. The molecule has 0 radical (unpaired) electrons. The Hall–Kier alpha value is -1.18. The van der Waals surface area contributed by atoms with Gasteiger partial charge >= 0.3 is 0 Å². The molecule has 2 atom stereocenters. The van der Waals surface area contributed by atoms with Crippen LogP contribution in [0.1, 0.15) is 47.0 Å². The molecular weight excluding hydrogens is 246 g/mol. The van der Waals surface area contributed by atoms with E-state index in [1.165, 1.54) is 31.5 Å². The Morgan fingerprint density at radius 1 is 1.15 bits per heavy atom. The predicted molar refractivity (Wildman–Crippen MR) is 86.6 cm³/mol. The monoisotopic (exact) mass is 275 g/mol. The van der Waals surface area contributed by atoms with Crippen molar-refractivity contribution in [3.8, 4) is 5.75 Å². The zero-order valence-electron chi connectivity index (χ0n) is 13.6. The molecule has 2 unspecified atom stereocenters. The summed E-state index contributed by atoms with van der Waals surface area (Å²) in [6.45, 7) is 10.7. The Labute approximate surface area is 124 Å². The van der Waals surface area contributed by atoms with Gasteiger partial charge < -0.3 is 9.64 Å². The van der Waals surface area contributed by atoms with Crippen molar-refractivity contribution in [1.29, 1.82) is 0 Å². The maximum absolute atomic E-state index is 5.27. The fraction of sp³-hybridized carbons (Fsp3) is 0.667. The first kappa shape index (κ1) is 15.2. The minimum absolute atomic E-state index is 0.383. The fourth-order valence-electron chi connectivity index (χ4n) is 3.88. The second kappa shape index (κ2) is 6.07. The highest BCUT2D eigenvalue weighted by Crippen LogP contribution is 2.42. The second-order valence-corrected chi connectivity index (χ2v) is 6.74. The average molecular weight is 275 g/mol. The largest absolute Gasteiger partial charge is 0.497 e. The molecule has 1 aliphatic rings. The van der Waals surface area contributed by atoms with Crippen LogP contribution in [0.3, 0.4) is 0 Å². The molecule has 0 N–H and O–H groups in total. The van der Waals surface area contributed by atoms with Crippen LogP contribution in [0.4, 0.5) is 5.69 Å². The average Bonchev–Trinajstić information content (AvgIpc) is 2.45. The highest BCUT2D eigenvalue weighted by molar-refractivity contribution is 5.51. The molecule has 0 aliphatic carbocycles. The van der Waals surface area contributed by atoms with Gasteiger partial charge in [-0.2, -0.15) is 0 Å². The summed E-state index contributed by atoms with van der Waals surface area (Å²) >= 11 is 0. The number of piperidine rings is 1. The van der Waals surface area contributed by atoms with Gasteiger partial charge in [0, 0.05) is 18.3 Å². The number of anilines is 1. The number of nitrogens with zero attached hydrogens (tertiary/aromatic N) is 1. The first-order valence-electron chi connectivity index (χ1n) is 7.92. The third-order valence-corrected chi connectivity index (χ3v) is 4.92. The standard InChI is InChI=1S/C18H29NO/c1-6-14-12-18(3,4)17(7-2)19(13-14)15-8-10-16(20-5)11-9-15/h8-11,14,17H,6-7,12-13H2,1-5H3. The van der Waals surface area contributed by atoms with Crippen LogP contribution in [-0.4, -0.2) is 19.7 Å². The van der Waals surface area contributed by atoms with Crippen LogP contribution >= 0.6 is 0 Å². The molecule has 2 rings (SSSR count). The van der Waals surface area contributed by atoms with E-state index in [4.69, 9.17) is 4.74 Å². The van der Waals surface area contributed by atoms with E-state index >= 15 is 0 Å². The molecule has 1 fully saturated rings. The van der Waals surface area contributed by atoms with E-state index in [9.17, 15) is 0 Å². The second-order valence-electron chi connectivity index (χ2n) is 6.74. The molecule has 20 heavy (non-hydrogen) atoms. The van der Waals surface area contributed by atoms with Crippen LogP contribution in [0.5, 0.6) is 5.75 Å². The van der Waals surface area contributed by atoms with Crippen LogP contribution in [0.2, 0.25) is 0 Å². The quantitative estimate of drug-likeness (QED) is 0.787. The van der Waals surface area contributed by atoms with Gasteiger partial charge in [0.05, 0.1) is 7.11 Å². The van der Waals surface area contributed by atoms with Crippen molar-refractivity contribution in [3.05, 3.63) is 24.3 Å². The van der Waals surface area contributed by atoms with Crippen LogP contribution in [0.25, 0.3) is 0 Å². The van der Waals surface area contributed by atoms with Crippen LogP contribution < -0.4 is 9.64 Å². The molecule has 0 spiro atoms. The van der Waals surface area contributed by atoms with E-state index in [0.717, 1.165) is 11.7 Å². The molecule has 0 bridgehead atoms. The molecule has 0 amide bonds. The lowest BCUT2D eigenvalue weighted by Crippen LogP contribution is -2.52. The number of hydrogen-bond donors (Lipinski definition) is 0. The SMILES string of the molecule is CCC1CN(c2ccc(OC)cc2)C(CC)C(C)(C)C1. The van der Waals surface area contributed by atoms with Crippen molar-refractivity contribution in [2.45, 2.75) is 53.0 Å². The maximum atomic E-state index is 5.27.